The maximum absolute atomic E-state index is 15.1. The number of rotatable bonds is 7. The Hall–Kier alpha value is -6.46. The smallest absolute Gasteiger partial charge is 0.393 e. The zero-order valence-corrected chi connectivity index (χ0v) is 33.1. The Balaban J connectivity index is 0.715. The second kappa shape index (κ2) is 15.2. The van der Waals surface area contributed by atoms with Crippen LogP contribution >= 0.6 is 0 Å². The quantitative estimate of drug-likeness (QED) is 0.178. The summed E-state index contributed by atoms with van der Waals surface area (Å²) in [5.41, 5.74) is 5.22. The number of piperidine rings is 1. The van der Waals surface area contributed by atoms with E-state index in [4.69, 9.17) is 9.47 Å². The van der Waals surface area contributed by atoms with E-state index in [1.807, 2.05) is 16.0 Å². The number of hydrogen-bond donors (Lipinski definition) is 3. The Labute approximate surface area is 351 Å². The van der Waals surface area contributed by atoms with E-state index in [0.29, 0.717) is 79.9 Å². The van der Waals surface area contributed by atoms with Gasteiger partial charge < -0.3 is 30.0 Å². The van der Waals surface area contributed by atoms with Crippen molar-refractivity contribution >= 4 is 46.2 Å². The molecule has 3 saturated heterocycles. The van der Waals surface area contributed by atoms with Gasteiger partial charge in [0.15, 0.2) is 11.5 Å². The van der Waals surface area contributed by atoms with Crippen LogP contribution in [0.4, 0.5) is 34.6 Å². The predicted molar refractivity (Wildman–Crippen MR) is 211 cm³/mol. The topological polar surface area (TPSA) is 177 Å². The monoisotopic (exact) mass is 856 g/mol. The first-order valence-corrected chi connectivity index (χ1v) is 20.6. The number of hydrazine groups is 1. The number of piperazine rings is 1. The molecule has 1 aliphatic carbocycles. The molecule has 0 bridgehead atoms. The van der Waals surface area contributed by atoms with Crippen LogP contribution in [0.25, 0.3) is 5.52 Å². The minimum atomic E-state index is -3.94. The number of ether oxygens (including phenoxy) is 2. The number of carbonyl (C=O) groups is 4. The number of amides is 4. The number of imide groups is 1. The number of anilines is 3. The number of carbonyl (C=O) groups excluding carboxylic acids is 4. The van der Waals surface area contributed by atoms with Gasteiger partial charge in [-0.1, -0.05) is 0 Å². The predicted octanol–water partition coefficient (Wildman–Crippen LogP) is 4.31. The molecule has 16 nitrogen and oxygen atoms in total. The molecule has 5 aliphatic heterocycles. The van der Waals surface area contributed by atoms with E-state index in [9.17, 15) is 33.2 Å². The Morgan fingerprint density at radius 3 is 2.34 bits per heavy atom. The lowest BCUT2D eigenvalue weighted by Gasteiger charge is -2.46. The van der Waals surface area contributed by atoms with Crippen molar-refractivity contribution in [3.05, 3.63) is 76.6 Å². The van der Waals surface area contributed by atoms with Crippen LogP contribution in [-0.2, 0) is 20.9 Å². The molecular weight excluding hydrogens is 817 g/mol. The van der Waals surface area contributed by atoms with Gasteiger partial charge in [0, 0.05) is 75.6 Å². The fourth-order valence-corrected chi connectivity index (χ4v) is 9.70. The van der Waals surface area contributed by atoms with Crippen molar-refractivity contribution in [3.63, 3.8) is 0 Å². The van der Waals surface area contributed by atoms with E-state index < -0.39 is 41.6 Å². The number of nitrogens with zero attached hydrogens (tertiary/aromatic N) is 7. The lowest BCUT2D eigenvalue weighted by atomic mass is 9.89. The van der Waals surface area contributed by atoms with Crippen molar-refractivity contribution in [1.82, 2.24) is 29.7 Å². The Kier molecular flexibility index (Phi) is 9.70. The normalized spacial score (nSPS) is 23.7. The molecule has 1 atom stereocenters. The summed E-state index contributed by atoms with van der Waals surface area (Å²) in [6.07, 6.45) is 0.882. The number of aromatic nitrogens is 2. The first-order valence-electron chi connectivity index (χ1n) is 20.6. The van der Waals surface area contributed by atoms with Crippen LogP contribution in [0.3, 0.4) is 0 Å². The molecule has 0 unspecified atom stereocenters. The molecule has 7 heterocycles. The molecule has 62 heavy (non-hydrogen) atoms. The first kappa shape index (κ1) is 39.7. The average molecular weight is 857 g/mol. The minimum Gasteiger partial charge on any atom is -0.393 e. The van der Waals surface area contributed by atoms with Crippen molar-refractivity contribution in [2.75, 3.05) is 54.9 Å². The van der Waals surface area contributed by atoms with Crippen LogP contribution in [0.5, 0.6) is 11.5 Å². The van der Waals surface area contributed by atoms with E-state index in [0.717, 1.165) is 25.7 Å². The van der Waals surface area contributed by atoms with Gasteiger partial charge in [0.25, 0.3) is 5.91 Å². The molecule has 3 N–H and O–H groups in total. The number of benzene rings is 2. The molecule has 322 valence electrons. The van der Waals surface area contributed by atoms with Crippen LogP contribution in [0.1, 0.15) is 71.6 Å². The summed E-state index contributed by atoms with van der Waals surface area (Å²) < 4.78 is 70.5. The number of halogens is 4. The third-order valence-electron chi connectivity index (χ3n) is 13.0. The minimum absolute atomic E-state index is 0.00646. The molecule has 4 aromatic rings. The van der Waals surface area contributed by atoms with E-state index >= 15 is 8.78 Å². The standard InChI is InChI=1S/C42H40F4N10O6/c43-30-15-28(16-31(44)35(30)29-6-8-34(57)50-39(29)58)54-19-24(20-54)41(60)53-11-9-52(10-12-53)25-1-3-26(4-2-25)55-21-23-14-32(37-38(36(23)51-55)62-42(45,46)61-37)49-40(59)33-7-5-27-13-22(17-47)18-48-56(27)33/h5,7,13-16,18,24-26,29,51H,1-4,6,8-12,19-21H2,(H,49,59)(H,50,57,58)/t25-,26-,29-/m1/s1. The summed E-state index contributed by atoms with van der Waals surface area (Å²) in [4.78, 5) is 56.6. The zero-order chi connectivity index (χ0) is 43.0. The van der Waals surface area contributed by atoms with Gasteiger partial charge in [-0.3, -0.25) is 29.4 Å². The molecule has 2 aromatic carbocycles. The first-order chi connectivity index (χ1) is 29.8. The van der Waals surface area contributed by atoms with Gasteiger partial charge in [-0.2, -0.15) is 10.4 Å². The van der Waals surface area contributed by atoms with Crippen molar-refractivity contribution in [1.29, 1.82) is 5.26 Å². The van der Waals surface area contributed by atoms with E-state index in [1.165, 1.54) is 28.9 Å². The summed E-state index contributed by atoms with van der Waals surface area (Å²) in [5, 5.41) is 20.2. The van der Waals surface area contributed by atoms with Gasteiger partial charge in [-0.05, 0) is 74.1 Å². The lowest BCUT2D eigenvalue weighted by Crippen LogP contribution is -2.59. The number of nitrogens with one attached hydrogen (secondary N) is 3. The van der Waals surface area contributed by atoms with Gasteiger partial charge >= 0.3 is 6.29 Å². The van der Waals surface area contributed by atoms with Crippen molar-refractivity contribution in [2.45, 2.75) is 69.4 Å². The number of alkyl halides is 2. The molecule has 10 rings (SSSR count). The molecule has 20 heteroatoms. The third kappa shape index (κ3) is 7.07. The van der Waals surface area contributed by atoms with Gasteiger partial charge in [-0.25, -0.2) is 18.3 Å². The lowest BCUT2D eigenvalue weighted by molar-refractivity contribution is -0.286. The number of fused-ring (bicyclic) bond motifs is 4. The van der Waals surface area contributed by atoms with Gasteiger partial charge in [0.2, 0.25) is 17.7 Å². The van der Waals surface area contributed by atoms with Crippen molar-refractivity contribution < 1.29 is 46.2 Å². The molecule has 0 spiro atoms. The fraction of sp³-hybridized carbons (Fsp3) is 0.429. The molecule has 2 aromatic heterocycles. The molecule has 4 fully saturated rings. The molecule has 1 saturated carbocycles. The summed E-state index contributed by atoms with van der Waals surface area (Å²) >= 11 is 0. The summed E-state index contributed by atoms with van der Waals surface area (Å²) in [6.45, 7) is 3.58. The second-order valence-electron chi connectivity index (χ2n) is 16.6. The average Bonchev–Trinajstić information content (AvgIpc) is 3.95. The maximum atomic E-state index is 15.1. The van der Waals surface area contributed by atoms with Gasteiger partial charge in [0.05, 0.1) is 34.8 Å². The van der Waals surface area contributed by atoms with Crippen molar-refractivity contribution in [2.24, 2.45) is 5.92 Å². The molecule has 6 aliphatic rings. The summed E-state index contributed by atoms with van der Waals surface area (Å²) in [7, 11) is 0. The summed E-state index contributed by atoms with van der Waals surface area (Å²) in [5.74, 6) is -5.36. The molecular formula is C42H40F4N10O6. The van der Waals surface area contributed by atoms with E-state index in [1.54, 1.807) is 23.1 Å². The van der Waals surface area contributed by atoms with Crippen LogP contribution in [0.15, 0.2) is 42.6 Å². The highest BCUT2D eigenvalue weighted by atomic mass is 19.3. The molecule has 4 amide bonds. The second-order valence-corrected chi connectivity index (χ2v) is 16.6. The van der Waals surface area contributed by atoms with Crippen molar-refractivity contribution in [3.8, 4) is 17.6 Å². The Morgan fingerprint density at radius 2 is 1.63 bits per heavy atom. The highest BCUT2D eigenvalue weighted by Crippen LogP contribution is 2.54. The van der Waals surface area contributed by atoms with Crippen LogP contribution in [-0.4, -0.2) is 106 Å². The van der Waals surface area contributed by atoms with Gasteiger partial charge in [-0.15, -0.1) is 8.78 Å². The fourth-order valence-electron chi connectivity index (χ4n) is 9.70. The van der Waals surface area contributed by atoms with Crippen LogP contribution in [0, 0.1) is 28.9 Å². The number of hydrogen-bond acceptors (Lipinski definition) is 12. The zero-order valence-electron chi connectivity index (χ0n) is 33.1. The number of nitriles is 1. The molecule has 0 radical (unpaired) electrons. The Bertz CT molecular complexity index is 2550. The summed E-state index contributed by atoms with van der Waals surface area (Å²) in [6, 6.07) is 11.1. The Morgan fingerprint density at radius 1 is 0.919 bits per heavy atom. The largest absolute Gasteiger partial charge is 0.586 e. The third-order valence-corrected chi connectivity index (χ3v) is 13.0. The van der Waals surface area contributed by atoms with Crippen LogP contribution < -0.4 is 30.4 Å². The SMILES string of the molecule is N#Cc1cnn2c(C(=O)Nc3cc4c(c5c3OC(F)(F)O5)NN([C@H]3CC[C@H](N5CCN(C(=O)C6CN(c7cc(F)c([C@H]8CCC(=O)NC8=O)c(F)c7)C6)CC5)CC3)C4)ccc2c1. The highest BCUT2D eigenvalue weighted by Gasteiger charge is 2.49. The maximum Gasteiger partial charge on any atom is 0.586 e. The van der Waals surface area contributed by atoms with Crippen LogP contribution in [0.2, 0.25) is 0 Å². The highest BCUT2D eigenvalue weighted by molar-refractivity contribution is 6.05. The van der Waals surface area contributed by atoms with Gasteiger partial charge in [0.1, 0.15) is 29.1 Å². The van der Waals surface area contributed by atoms with E-state index in [2.05, 4.69) is 26.1 Å². The van der Waals surface area contributed by atoms with E-state index in [-0.39, 0.29) is 59.2 Å².